The quantitative estimate of drug-likeness (QED) is 0.558. The topological polar surface area (TPSA) is 45.9 Å². The number of nitriles is 1. The van der Waals surface area contributed by atoms with Crippen LogP contribution in [0.5, 0.6) is 5.88 Å². The van der Waals surface area contributed by atoms with E-state index in [1.807, 2.05) is 47.6 Å². The van der Waals surface area contributed by atoms with Gasteiger partial charge in [-0.1, -0.05) is 33.8 Å². The van der Waals surface area contributed by atoms with Gasteiger partial charge in [0.1, 0.15) is 23.2 Å². The number of nitrogens with zero attached hydrogens (tertiary/aromatic N) is 2. The van der Waals surface area contributed by atoms with Gasteiger partial charge in [-0.2, -0.15) is 9.15 Å². The Labute approximate surface area is 165 Å². The number of rotatable bonds is 2. The molecule has 0 radical (unpaired) electrons. The largest absolute Gasteiger partial charge is 0.471 e. The van der Waals surface area contributed by atoms with Gasteiger partial charge in [0.2, 0.25) is 5.88 Å². The van der Waals surface area contributed by atoms with Crippen molar-refractivity contribution in [2.75, 3.05) is 0 Å². The molecular formula is C21H26F2N2OS. The summed E-state index contributed by atoms with van der Waals surface area (Å²) in [6.07, 6.45) is 1.44. The molecule has 146 valence electrons. The molecule has 0 saturated carbocycles. The minimum atomic E-state index is -0.533. The van der Waals surface area contributed by atoms with Crippen LogP contribution >= 0.6 is 12.1 Å². The highest BCUT2D eigenvalue weighted by Gasteiger charge is 2.30. The summed E-state index contributed by atoms with van der Waals surface area (Å²) in [4.78, 5) is 4.41. The van der Waals surface area contributed by atoms with Gasteiger partial charge in [0.25, 0.3) is 0 Å². The predicted molar refractivity (Wildman–Crippen MR) is 107 cm³/mol. The Bertz CT molecular complexity index is 817. The van der Waals surface area contributed by atoms with Crippen molar-refractivity contribution in [2.24, 2.45) is 0 Å². The number of aromatic nitrogens is 1. The van der Waals surface area contributed by atoms with E-state index < -0.39 is 5.82 Å². The van der Waals surface area contributed by atoms with E-state index in [1.165, 1.54) is 12.1 Å². The zero-order chi connectivity index (χ0) is 20.6. The molecule has 0 spiro atoms. The summed E-state index contributed by atoms with van der Waals surface area (Å²) < 4.78 is 32.8. The van der Waals surface area contributed by atoms with Crippen LogP contribution in [0.3, 0.4) is 0 Å². The molecule has 0 aliphatic carbocycles. The average molecular weight is 393 g/mol. The highest BCUT2D eigenvalue weighted by Crippen LogP contribution is 2.39. The lowest BCUT2D eigenvalue weighted by Crippen LogP contribution is -2.33. The van der Waals surface area contributed by atoms with E-state index in [0.717, 1.165) is 18.1 Å². The normalized spacial score (nSPS) is 13.6. The van der Waals surface area contributed by atoms with Crippen LogP contribution in [-0.4, -0.2) is 10.6 Å². The van der Waals surface area contributed by atoms with Gasteiger partial charge in [0.15, 0.2) is 0 Å². The second kappa shape index (κ2) is 10.3. The number of ether oxygens (including phenoxy) is 1. The van der Waals surface area contributed by atoms with Crippen molar-refractivity contribution in [3.8, 4) is 23.1 Å². The summed E-state index contributed by atoms with van der Waals surface area (Å²) in [5.41, 5.74) is 1.47. The van der Waals surface area contributed by atoms with Gasteiger partial charge in [0, 0.05) is 16.0 Å². The molecule has 0 amide bonds. The van der Waals surface area contributed by atoms with Gasteiger partial charge in [-0.3, -0.25) is 0 Å². The van der Waals surface area contributed by atoms with Gasteiger partial charge in [-0.15, -0.1) is 0 Å². The van der Waals surface area contributed by atoms with E-state index >= 15 is 0 Å². The summed E-state index contributed by atoms with van der Waals surface area (Å²) in [5.74, 6) is -0.159. The fourth-order valence-corrected chi connectivity index (χ4v) is 2.94. The summed E-state index contributed by atoms with van der Waals surface area (Å²) in [6.45, 7) is 11.9. The second-order valence-corrected chi connectivity index (χ2v) is 6.66. The molecule has 0 bridgehead atoms. The lowest BCUT2D eigenvalue weighted by atomic mass is 9.90. The predicted octanol–water partition coefficient (Wildman–Crippen LogP) is 6.89. The van der Waals surface area contributed by atoms with Crippen LogP contribution < -0.4 is 4.74 Å². The molecule has 0 N–H and O–H groups in total. The van der Waals surface area contributed by atoms with Gasteiger partial charge >= 0.3 is 0 Å². The van der Waals surface area contributed by atoms with E-state index in [1.54, 1.807) is 6.07 Å². The third-order valence-corrected chi connectivity index (χ3v) is 4.30. The maximum absolute atomic E-state index is 14.4. The first-order chi connectivity index (χ1) is 12.9. The number of benzene rings is 1. The number of hydrogen-bond acceptors (Lipinski definition) is 4. The Kier molecular flexibility index (Phi) is 8.71. The SMILES string of the molecule is CC.CC.CC1(C)CCc2c(-c3ccc(SF)cc3F)cc(C#N)nc2O1. The maximum atomic E-state index is 14.4. The minimum absolute atomic E-state index is 0.00634. The molecule has 3 rings (SSSR count). The molecule has 3 nitrogen and oxygen atoms in total. The van der Waals surface area contributed by atoms with Crippen LogP contribution in [0, 0.1) is 17.1 Å². The molecule has 2 aromatic rings. The minimum Gasteiger partial charge on any atom is -0.471 e. The lowest BCUT2D eigenvalue weighted by Gasteiger charge is -2.32. The summed E-state index contributed by atoms with van der Waals surface area (Å²) >= 11 is -0.00634. The molecule has 27 heavy (non-hydrogen) atoms. The monoisotopic (exact) mass is 392 g/mol. The van der Waals surface area contributed by atoms with Crippen LogP contribution in [0.25, 0.3) is 11.1 Å². The van der Waals surface area contributed by atoms with E-state index in [9.17, 15) is 13.5 Å². The van der Waals surface area contributed by atoms with Gasteiger partial charge in [-0.05, 0) is 50.5 Å². The molecule has 6 heteroatoms. The molecule has 1 aliphatic rings. The van der Waals surface area contributed by atoms with E-state index in [0.29, 0.717) is 23.4 Å². The van der Waals surface area contributed by atoms with Crippen LogP contribution in [0.1, 0.15) is 59.2 Å². The first-order valence-corrected chi connectivity index (χ1v) is 9.87. The summed E-state index contributed by atoms with van der Waals surface area (Å²) in [5, 5.41) is 9.18. The van der Waals surface area contributed by atoms with Crippen molar-refractivity contribution in [2.45, 2.75) is 64.9 Å². The Hall–Kier alpha value is -2.13. The summed E-state index contributed by atoms with van der Waals surface area (Å²) in [7, 11) is 0. The fraction of sp³-hybridized carbons (Fsp3) is 0.429. The molecule has 0 fully saturated rings. The Morgan fingerprint density at radius 3 is 2.37 bits per heavy atom. The smallest absolute Gasteiger partial charge is 0.218 e. The maximum Gasteiger partial charge on any atom is 0.218 e. The van der Waals surface area contributed by atoms with Crippen LogP contribution in [0.15, 0.2) is 29.2 Å². The zero-order valence-electron chi connectivity index (χ0n) is 16.7. The Morgan fingerprint density at radius 1 is 1.15 bits per heavy atom. The molecule has 1 aliphatic heterocycles. The average Bonchev–Trinajstić information content (AvgIpc) is 2.69. The highest BCUT2D eigenvalue weighted by atomic mass is 32.2. The van der Waals surface area contributed by atoms with E-state index in [2.05, 4.69) is 4.98 Å². The highest BCUT2D eigenvalue weighted by molar-refractivity contribution is 7.94. The molecule has 0 unspecified atom stereocenters. The fourth-order valence-electron chi connectivity index (χ4n) is 2.67. The van der Waals surface area contributed by atoms with E-state index in [-0.39, 0.29) is 28.3 Å². The van der Waals surface area contributed by atoms with Gasteiger partial charge in [0.05, 0.1) is 12.1 Å². The molecule has 0 saturated heterocycles. The third kappa shape index (κ3) is 5.43. The molecule has 0 atom stereocenters. The van der Waals surface area contributed by atoms with Crippen molar-refractivity contribution in [3.63, 3.8) is 0 Å². The van der Waals surface area contributed by atoms with Gasteiger partial charge < -0.3 is 4.74 Å². The molecule has 2 heterocycles. The van der Waals surface area contributed by atoms with Crippen LogP contribution in [-0.2, 0) is 6.42 Å². The van der Waals surface area contributed by atoms with Crippen LogP contribution in [0.4, 0.5) is 8.28 Å². The number of pyridine rings is 1. The third-order valence-electron chi connectivity index (χ3n) is 3.87. The Balaban J connectivity index is 0.000000855. The van der Waals surface area contributed by atoms with Crippen LogP contribution in [0.2, 0.25) is 0 Å². The Morgan fingerprint density at radius 2 is 1.81 bits per heavy atom. The van der Waals surface area contributed by atoms with Gasteiger partial charge in [-0.25, -0.2) is 9.37 Å². The van der Waals surface area contributed by atoms with E-state index in [4.69, 9.17) is 4.74 Å². The molecular weight excluding hydrogens is 366 g/mol. The lowest BCUT2D eigenvalue weighted by molar-refractivity contribution is 0.0785. The number of fused-ring (bicyclic) bond motifs is 1. The number of hydrogen-bond donors (Lipinski definition) is 0. The van der Waals surface area contributed by atoms with Crippen molar-refractivity contribution < 1.29 is 13.0 Å². The standard InChI is InChI=1S/C17H14F2N2OS.2C2H6/c1-17(2)6-5-13-14(7-10(9-20)21-16(13)22-17)12-4-3-11(23-19)8-15(12)18;2*1-2/h3-4,7-8H,5-6H2,1-2H3;2*1-2H3. The molecule has 1 aromatic carbocycles. The van der Waals surface area contributed by atoms with Crippen molar-refractivity contribution in [1.29, 1.82) is 5.26 Å². The summed E-state index contributed by atoms with van der Waals surface area (Å²) in [6, 6.07) is 7.71. The molecule has 1 aromatic heterocycles. The number of halogens is 2. The zero-order valence-corrected chi connectivity index (χ0v) is 17.5. The van der Waals surface area contributed by atoms with Crippen molar-refractivity contribution >= 4 is 12.1 Å². The van der Waals surface area contributed by atoms with Crippen molar-refractivity contribution in [1.82, 2.24) is 4.98 Å². The van der Waals surface area contributed by atoms with Crippen molar-refractivity contribution in [3.05, 3.63) is 41.3 Å². The first kappa shape index (κ1) is 22.9. The second-order valence-electron chi connectivity index (χ2n) is 6.03. The first-order valence-electron chi connectivity index (χ1n) is 9.15.